The van der Waals surface area contributed by atoms with Crippen LogP contribution in [0.2, 0.25) is 5.02 Å². The van der Waals surface area contributed by atoms with Gasteiger partial charge in [0.25, 0.3) is 0 Å². The molecule has 0 saturated carbocycles. The quantitative estimate of drug-likeness (QED) is 0.876. The number of carboxylic acids is 1. The molecule has 18 heavy (non-hydrogen) atoms. The number of hydrogen-bond acceptors (Lipinski definition) is 3. The highest BCUT2D eigenvalue weighted by atomic mass is 35.5. The van der Waals surface area contributed by atoms with Gasteiger partial charge in [-0.15, -0.1) is 0 Å². The van der Waals surface area contributed by atoms with E-state index in [-0.39, 0.29) is 6.04 Å². The average Bonchev–Trinajstić information content (AvgIpc) is 2.93. The molecule has 4 nitrogen and oxygen atoms in total. The van der Waals surface area contributed by atoms with E-state index in [4.69, 9.17) is 21.1 Å². The number of aliphatic carboxylic acids is 1. The highest BCUT2D eigenvalue weighted by molar-refractivity contribution is 6.31. The summed E-state index contributed by atoms with van der Waals surface area (Å²) in [5.74, 6) is -0.0346. The Hall–Kier alpha value is -1.52. The molecule has 0 amide bonds. The number of carbonyl (C=O) groups is 1. The minimum absolute atomic E-state index is 0.0303. The summed E-state index contributed by atoms with van der Waals surface area (Å²) in [7, 11) is 0. The Labute approximate surface area is 109 Å². The van der Waals surface area contributed by atoms with Gasteiger partial charge in [0, 0.05) is 10.4 Å². The van der Waals surface area contributed by atoms with Gasteiger partial charge >= 0.3 is 5.97 Å². The van der Waals surface area contributed by atoms with Crippen molar-refractivity contribution in [3.8, 4) is 0 Å². The Balaban J connectivity index is 1.89. The molecule has 1 aromatic carbocycles. The number of benzene rings is 1. The molecular formula is C13H12ClNO3. The summed E-state index contributed by atoms with van der Waals surface area (Å²) in [6, 6.07) is 6.85. The fraction of sp³-hybridized carbons (Fsp3) is 0.308. The Kier molecular flexibility index (Phi) is 2.76. The first kappa shape index (κ1) is 11.6. The van der Waals surface area contributed by atoms with Gasteiger partial charge in [0.05, 0.1) is 6.04 Å². The van der Waals surface area contributed by atoms with Gasteiger partial charge in [-0.2, -0.15) is 0 Å². The topological polar surface area (TPSA) is 62.5 Å². The van der Waals surface area contributed by atoms with Gasteiger partial charge in [0.15, 0.2) is 0 Å². The number of furan rings is 1. The van der Waals surface area contributed by atoms with Crippen LogP contribution in [-0.2, 0) is 4.79 Å². The van der Waals surface area contributed by atoms with Gasteiger partial charge in [-0.3, -0.25) is 10.1 Å². The van der Waals surface area contributed by atoms with E-state index < -0.39 is 12.0 Å². The largest absolute Gasteiger partial charge is 0.480 e. The lowest BCUT2D eigenvalue weighted by Crippen LogP contribution is -2.31. The predicted octanol–water partition coefficient (Wildman–Crippen LogP) is 2.96. The number of hydrogen-bond donors (Lipinski definition) is 2. The molecule has 1 aliphatic rings. The van der Waals surface area contributed by atoms with E-state index in [1.807, 2.05) is 18.2 Å². The van der Waals surface area contributed by atoms with Crippen LogP contribution in [0.4, 0.5) is 0 Å². The Bertz CT molecular complexity index is 607. The van der Waals surface area contributed by atoms with Gasteiger partial charge in [-0.25, -0.2) is 0 Å². The summed E-state index contributed by atoms with van der Waals surface area (Å²) in [4.78, 5) is 10.9. The molecule has 5 heteroatoms. The van der Waals surface area contributed by atoms with Crippen molar-refractivity contribution in [2.24, 2.45) is 0 Å². The maximum absolute atomic E-state index is 10.9. The zero-order chi connectivity index (χ0) is 12.7. The molecule has 0 radical (unpaired) electrons. The zero-order valence-corrected chi connectivity index (χ0v) is 10.3. The van der Waals surface area contributed by atoms with Crippen molar-refractivity contribution in [2.75, 3.05) is 0 Å². The molecule has 2 unspecified atom stereocenters. The summed E-state index contributed by atoms with van der Waals surface area (Å²) in [5.41, 5.74) is 0.773. The van der Waals surface area contributed by atoms with Crippen molar-refractivity contribution < 1.29 is 14.3 Å². The van der Waals surface area contributed by atoms with Gasteiger partial charge in [-0.05, 0) is 37.1 Å². The van der Waals surface area contributed by atoms with Crippen LogP contribution in [-0.4, -0.2) is 17.1 Å². The maximum Gasteiger partial charge on any atom is 0.320 e. The number of rotatable bonds is 2. The summed E-state index contributed by atoms with van der Waals surface area (Å²) in [6.45, 7) is 0. The standard InChI is InChI=1S/C13H12ClNO3/c14-8-1-4-11-7(5-8)6-12(18-11)9-2-3-10(15-9)13(16)17/h1,4-6,9-10,15H,2-3H2,(H,16,17). The van der Waals surface area contributed by atoms with Crippen molar-refractivity contribution in [1.29, 1.82) is 0 Å². The maximum atomic E-state index is 10.9. The number of halogens is 1. The number of nitrogens with one attached hydrogen (secondary N) is 1. The minimum atomic E-state index is -0.809. The van der Waals surface area contributed by atoms with E-state index in [1.165, 1.54) is 0 Å². The summed E-state index contributed by atoms with van der Waals surface area (Å²) >= 11 is 5.92. The SMILES string of the molecule is O=C(O)C1CCC(c2cc3cc(Cl)ccc3o2)N1. The minimum Gasteiger partial charge on any atom is -0.480 e. The van der Waals surface area contributed by atoms with Crippen molar-refractivity contribution in [3.05, 3.63) is 35.0 Å². The normalized spacial score (nSPS) is 23.6. The summed E-state index contributed by atoms with van der Waals surface area (Å²) < 4.78 is 5.72. The second kappa shape index (κ2) is 4.30. The van der Waals surface area contributed by atoms with Crippen LogP contribution in [0.15, 0.2) is 28.7 Å². The van der Waals surface area contributed by atoms with Gasteiger partial charge in [0.1, 0.15) is 17.4 Å². The van der Waals surface area contributed by atoms with E-state index >= 15 is 0 Å². The van der Waals surface area contributed by atoms with E-state index in [1.54, 1.807) is 6.07 Å². The van der Waals surface area contributed by atoms with Crippen LogP contribution < -0.4 is 5.32 Å². The van der Waals surface area contributed by atoms with Crippen LogP contribution in [0, 0.1) is 0 Å². The summed E-state index contributed by atoms with van der Waals surface area (Å²) in [6.07, 6.45) is 1.39. The van der Waals surface area contributed by atoms with Crippen LogP contribution in [0.3, 0.4) is 0 Å². The molecule has 1 aromatic heterocycles. The molecule has 94 valence electrons. The molecule has 1 saturated heterocycles. The number of carboxylic acid groups (broad SMARTS) is 1. The lowest BCUT2D eigenvalue weighted by atomic mass is 10.1. The monoisotopic (exact) mass is 265 g/mol. The first-order valence-electron chi connectivity index (χ1n) is 5.81. The molecule has 2 N–H and O–H groups in total. The highest BCUT2D eigenvalue weighted by Gasteiger charge is 2.31. The van der Waals surface area contributed by atoms with Crippen molar-refractivity contribution in [1.82, 2.24) is 5.32 Å². The van der Waals surface area contributed by atoms with Crippen LogP contribution >= 0.6 is 11.6 Å². The lowest BCUT2D eigenvalue weighted by Gasteiger charge is -2.08. The van der Waals surface area contributed by atoms with Crippen LogP contribution in [0.25, 0.3) is 11.0 Å². The van der Waals surface area contributed by atoms with Crippen molar-refractivity contribution >= 4 is 28.5 Å². The third-order valence-corrected chi connectivity index (χ3v) is 3.52. The summed E-state index contributed by atoms with van der Waals surface area (Å²) in [5, 5.41) is 13.6. The second-order valence-electron chi connectivity index (χ2n) is 4.52. The van der Waals surface area contributed by atoms with Crippen LogP contribution in [0.1, 0.15) is 24.6 Å². The zero-order valence-electron chi connectivity index (χ0n) is 9.52. The number of fused-ring (bicyclic) bond motifs is 1. The molecular weight excluding hydrogens is 254 g/mol. The van der Waals surface area contributed by atoms with Gasteiger partial charge < -0.3 is 9.52 Å². The predicted molar refractivity (Wildman–Crippen MR) is 67.8 cm³/mol. The highest BCUT2D eigenvalue weighted by Crippen LogP contribution is 2.32. The Morgan fingerprint density at radius 3 is 2.94 bits per heavy atom. The van der Waals surface area contributed by atoms with E-state index in [0.717, 1.165) is 23.2 Å². The molecule has 1 aliphatic heterocycles. The van der Waals surface area contributed by atoms with Crippen molar-refractivity contribution in [2.45, 2.75) is 24.9 Å². The fourth-order valence-electron chi connectivity index (χ4n) is 2.37. The molecule has 2 aromatic rings. The molecule has 0 bridgehead atoms. The molecule has 2 heterocycles. The lowest BCUT2D eigenvalue weighted by molar-refractivity contribution is -0.139. The first-order valence-corrected chi connectivity index (χ1v) is 6.19. The van der Waals surface area contributed by atoms with E-state index in [0.29, 0.717) is 11.4 Å². The molecule has 0 spiro atoms. The molecule has 2 atom stereocenters. The smallest absolute Gasteiger partial charge is 0.320 e. The van der Waals surface area contributed by atoms with Gasteiger partial charge in [0.2, 0.25) is 0 Å². The molecule has 3 rings (SSSR count). The molecule has 1 fully saturated rings. The van der Waals surface area contributed by atoms with E-state index in [2.05, 4.69) is 5.32 Å². The third-order valence-electron chi connectivity index (χ3n) is 3.29. The van der Waals surface area contributed by atoms with E-state index in [9.17, 15) is 4.79 Å². The Morgan fingerprint density at radius 1 is 1.39 bits per heavy atom. The fourth-order valence-corrected chi connectivity index (χ4v) is 2.55. The Morgan fingerprint density at radius 2 is 2.22 bits per heavy atom. The average molecular weight is 266 g/mol. The first-order chi connectivity index (χ1) is 8.63. The van der Waals surface area contributed by atoms with Gasteiger partial charge in [-0.1, -0.05) is 11.6 Å². The third kappa shape index (κ3) is 1.98. The van der Waals surface area contributed by atoms with Crippen LogP contribution in [0.5, 0.6) is 0 Å². The van der Waals surface area contributed by atoms with Crippen molar-refractivity contribution in [3.63, 3.8) is 0 Å². The second-order valence-corrected chi connectivity index (χ2v) is 4.95. The molecule has 0 aliphatic carbocycles.